The maximum absolute atomic E-state index is 13.2. The van der Waals surface area contributed by atoms with Crippen molar-refractivity contribution in [3.05, 3.63) is 30.2 Å². The Morgan fingerprint density at radius 3 is 2.54 bits per heavy atom. The molecule has 2 saturated heterocycles. The van der Waals surface area contributed by atoms with Gasteiger partial charge >= 0.3 is 0 Å². The number of hydrogen-bond donors (Lipinski definition) is 0. The van der Waals surface area contributed by atoms with Crippen LogP contribution in [0.5, 0.6) is 0 Å². The predicted octanol–water partition coefficient (Wildman–Crippen LogP) is 1.99. The van der Waals surface area contributed by atoms with E-state index in [-0.39, 0.29) is 6.04 Å². The zero-order chi connectivity index (χ0) is 16.6. The van der Waals surface area contributed by atoms with E-state index in [1.54, 1.807) is 8.61 Å². The van der Waals surface area contributed by atoms with E-state index in [9.17, 15) is 8.42 Å². The minimum Gasteiger partial charge on any atom is -0.285 e. The van der Waals surface area contributed by atoms with E-state index in [1.165, 1.54) is 0 Å². The van der Waals surface area contributed by atoms with Crippen LogP contribution in [-0.4, -0.2) is 51.3 Å². The van der Waals surface area contributed by atoms with Gasteiger partial charge in [-0.25, -0.2) is 0 Å². The van der Waals surface area contributed by atoms with Crippen molar-refractivity contribution < 1.29 is 8.42 Å². The lowest BCUT2D eigenvalue weighted by molar-refractivity contribution is 0.323. The molecule has 1 atom stereocenters. The van der Waals surface area contributed by atoms with Crippen LogP contribution in [0.1, 0.15) is 50.4 Å². The second kappa shape index (κ2) is 6.42. The Kier molecular flexibility index (Phi) is 4.28. The molecule has 2 aromatic heterocycles. The van der Waals surface area contributed by atoms with Crippen LogP contribution in [0.4, 0.5) is 0 Å². The second-order valence-electron chi connectivity index (χ2n) is 6.58. The van der Waals surface area contributed by atoms with Gasteiger partial charge in [0.15, 0.2) is 11.5 Å². The molecule has 7 nitrogen and oxygen atoms in total. The minimum absolute atomic E-state index is 0.226. The van der Waals surface area contributed by atoms with Gasteiger partial charge in [-0.1, -0.05) is 18.9 Å². The molecule has 4 heterocycles. The van der Waals surface area contributed by atoms with Crippen molar-refractivity contribution in [3.63, 3.8) is 0 Å². The average Bonchev–Trinajstić information content (AvgIpc) is 3.13. The first-order chi connectivity index (χ1) is 11.7. The molecule has 0 spiro atoms. The van der Waals surface area contributed by atoms with E-state index >= 15 is 0 Å². The molecule has 0 aliphatic carbocycles. The molecule has 8 heteroatoms. The molecule has 2 aliphatic heterocycles. The number of nitrogens with zero attached hydrogens (tertiary/aromatic N) is 5. The fourth-order valence-electron chi connectivity index (χ4n) is 3.78. The molecule has 2 aromatic rings. The number of hydrogen-bond acceptors (Lipinski definition) is 4. The molecule has 0 radical (unpaired) electrons. The van der Waals surface area contributed by atoms with Crippen LogP contribution in [-0.2, 0) is 10.2 Å². The van der Waals surface area contributed by atoms with Crippen LogP contribution >= 0.6 is 0 Å². The highest BCUT2D eigenvalue weighted by Gasteiger charge is 2.40. The first-order valence-electron chi connectivity index (χ1n) is 8.74. The molecule has 130 valence electrons. The Morgan fingerprint density at radius 2 is 1.75 bits per heavy atom. The van der Waals surface area contributed by atoms with Crippen molar-refractivity contribution >= 4 is 15.9 Å². The van der Waals surface area contributed by atoms with Gasteiger partial charge < -0.3 is 0 Å². The van der Waals surface area contributed by atoms with Gasteiger partial charge in [0, 0.05) is 25.8 Å². The molecule has 24 heavy (non-hydrogen) atoms. The number of rotatable bonds is 3. The van der Waals surface area contributed by atoms with Crippen molar-refractivity contribution in [2.75, 3.05) is 19.6 Å². The van der Waals surface area contributed by atoms with Gasteiger partial charge in [0.2, 0.25) is 0 Å². The predicted molar refractivity (Wildman–Crippen MR) is 90.6 cm³/mol. The van der Waals surface area contributed by atoms with Gasteiger partial charge in [-0.15, -0.1) is 10.2 Å². The van der Waals surface area contributed by atoms with E-state index in [0.29, 0.717) is 19.6 Å². The molecule has 0 amide bonds. The number of fused-ring (bicyclic) bond motifs is 1. The van der Waals surface area contributed by atoms with Crippen LogP contribution in [0.2, 0.25) is 0 Å². The monoisotopic (exact) mass is 349 g/mol. The van der Waals surface area contributed by atoms with Gasteiger partial charge in [-0.3, -0.25) is 4.40 Å². The van der Waals surface area contributed by atoms with Crippen LogP contribution in [0.3, 0.4) is 0 Å². The average molecular weight is 349 g/mol. The topological polar surface area (TPSA) is 70.8 Å². The van der Waals surface area contributed by atoms with E-state index in [2.05, 4.69) is 10.2 Å². The molecule has 4 rings (SSSR count). The fourth-order valence-corrected chi connectivity index (χ4v) is 5.68. The molecule has 1 unspecified atom stereocenters. The lowest BCUT2D eigenvalue weighted by atomic mass is 10.2. The van der Waals surface area contributed by atoms with E-state index in [4.69, 9.17) is 0 Å². The summed E-state index contributed by atoms with van der Waals surface area (Å²) < 4.78 is 31.6. The molecular formula is C16H23N5O2S. The molecule has 0 bridgehead atoms. The molecule has 2 aliphatic rings. The highest BCUT2D eigenvalue weighted by Crippen LogP contribution is 2.35. The summed E-state index contributed by atoms with van der Waals surface area (Å²) in [6.45, 7) is 1.82. The van der Waals surface area contributed by atoms with Gasteiger partial charge in [0.1, 0.15) is 0 Å². The van der Waals surface area contributed by atoms with E-state index in [1.807, 2.05) is 28.8 Å². The van der Waals surface area contributed by atoms with Crippen molar-refractivity contribution in [1.82, 2.24) is 23.2 Å². The Morgan fingerprint density at radius 1 is 0.958 bits per heavy atom. The summed E-state index contributed by atoms with van der Waals surface area (Å²) in [4.78, 5) is 0. The SMILES string of the molecule is O=S(=O)(N1CCCCCC1)N1CCCC1c1nnc2ccccn12. The molecule has 0 aromatic carbocycles. The third-order valence-corrected chi connectivity index (χ3v) is 7.08. The van der Waals surface area contributed by atoms with Gasteiger partial charge in [0.05, 0.1) is 6.04 Å². The third-order valence-electron chi connectivity index (χ3n) is 5.03. The standard InChI is InChI=1S/C16H23N5O2S/c22-24(23,19-10-4-1-2-5-11-19)21-13-7-8-14(21)16-18-17-15-9-3-6-12-20(15)16/h3,6,9,12,14H,1-2,4-5,7-8,10-11,13H2. The first-order valence-corrected chi connectivity index (χ1v) is 10.1. The Balaban J connectivity index is 1.67. The van der Waals surface area contributed by atoms with Crippen LogP contribution < -0.4 is 0 Å². The molecule has 2 fully saturated rings. The minimum atomic E-state index is -3.44. The first kappa shape index (κ1) is 16.0. The summed E-state index contributed by atoms with van der Waals surface area (Å²) in [5.74, 6) is 0.724. The second-order valence-corrected chi connectivity index (χ2v) is 8.46. The quantitative estimate of drug-likeness (QED) is 0.850. The lowest BCUT2D eigenvalue weighted by Gasteiger charge is -2.29. The van der Waals surface area contributed by atoms with Gasteiger partial charge in [-0.05, 0) is 37.8 Å². The summed E-state index contributed by atoms with van der Waals surface area (Å²) in [5, 5.41) is 8.48. The normalized spacial score (nSPS) is 24.4. The fraction of sp³-hybridized carbons (Fsp3) is 0.625. The van der Waals surface area contributed by atoms with E-state index < -0.39 is 10.2 Å². The maximum Gasteiger partial charge on any atom is 0.282 e. The van der Waals surface area contributed by atoms with Crippen LogP contribution in [0.25, 0.3) is 5.65 Å². The largest absolute Gasteiger partial charge is 0.285 e. The highest BCUT2D eigenvalue weighted by atomic mass is 32.2. The van der Waals surface area contributed by atoms with E-state index in [0.717, 1.165) is 50.0 Å². The van der Waals surface area contributed by atoms with Crippen molar-refractivity contribution in [3.8, 4) is 0 Å². The maximum atomic E-state index is 13.2. The molecule has 0 N–H and O–H groups in total. The number of aromatic nitrogens is 3. The summed E-state index contributed by atoms with van der Waals surface area (Å²) in [6.07, 6.45) is 7.69. The smallest absolute Gasteiger partial charge is 0.282 e. The van der Waals surface area contributed by atoms with Crippen molar-refractivity contribution in [2.45, 2.75) is 44.6 Å². The van der Waals surface area contributed by atoms with Crippen LogP contribution in [0, 0.1) is 0 Å². The van der Waals surface area contributed by atoms with Crippen molar-refractivity contribution in [2.24, 2.45) is 0 Å². The Labute approximate surface area is 142 Å². The van der Waals surface area contributed by atoms with Crippen LogP contribution in [0.15, 0.2) is 24.4 Å². The Bertz CT molecular complexity index is 811. The highest BCUT2D eigenvalue weighted by molar-refractivity contribution is 7.86. The zero-order valence-electron chi connectivity index (χ0n) is 13.7. The summed E-state index contributed by atoms with van der Waals surface area (Å²) in [5.41, 5.74) is 0.756. The summed E-state index contributed by atoms with van der Waals surface area (Å²) >= 11 is 0. The summed E-state index contributed by atoms with van der Waals surface area (Å²) in [6, 6.07) is 5.49. The lowest BCUT2D eigenvalue weighted by Crippen LogP contribution is -2.44. The third kappa shape index (κ3) is 2.72. The van der Waals surface area contributed by atoms with Gasteiger partial charge in [0.25, 0.3) is 10.2 Å². The molecular weight excluding hydrogens is 326 g/mol. The summed E-state index contributed by atoms with van der Waals surface area (Å²) in [7, 11) is -3.44. The van der Waals surface area contributed by atoms with Crippen molar-refractivity contribution in [1.29, 1.82) is 0 Å². The molecule has 0 saturated carbocycles. The van der Waals surface area contributed by atoms with Gasteiger partial charge in [-0.2, -0.15) is 17.0 Å². The zero-order valence-corrected chi connectivity index (χ0v) is 14.5. The Hall–Kier alpha value is -1.51. The number of pyridine rings is 1.